The fourth-order valence-electron chi connectivity index (χ4n) is 1.03. The van der Waals surface area contributed by atoms with Crippen molar-refractivity contribution in [2.24, 2.45) is 0 Å². The summed E-state index contributed by atoms with van der Waals surface area (Å²) in [5.74, 6) is 0. The molecule has 0 saturated carbocycles. The molecular formula is C10H7N. The molecule has 0 N–H and O–H groups in total. The largest absolute Gasteiger partial charge is 0.264 e. The molecule has 1 heteroatoms. The predicted molar refractivity (Wildman–Crippen MR) is 45.0 cm³/mol. The smallest absolute Gasteiger partial charge is 0.0346 e. The van der Waals surface area contributed by atoms with E-state index in [4.69, 9.17) is 0 Å². The van der Waals surface area contributed by atoms with Crippen LogP contribution >= 0.6 is 0 Å². The molecule has 0 unspecified atom stereocenters. The van der Waals surface area contributed by atoms with E-state index in [1.165, 1.54) is 10.8 Å². The summed E-state index contributed by atoms with van der Waals surface area (Å²) in [6.07, 6.45) is 3.68. The van der Waals surface area contributed by atoms with Crippen LogP contribution in [0.25, 0.3) is 10.8 Å². The van der Waals surface area contributed by atoms with Crippen LogP contribution in [0, 0.1) is 7.43 Å². The van der Waals surface area contributed by atoms with Gasteiger partial charge in [-0.3, -0.25) is 4.98 Å². The van der Waals surface area contributed by atoms with Gasteiger partial charge in [-0.1, -0.05) is 24.3 Å². The van der Waals surface area contributed by atoms with Crippen molar-refractivity contribution in [1.29, 1.82) is 0 Å². The highest BCUT2D eigenvalue weighted by Crippen LogP contribution is 2.09. The number of hydrogen-bond acceptors (Lipinski definition) is 1. The molecule has 0 spiro atoms. The highest BCUT2D eigenvalue weighted by molar-refractivity contribution is 5.80. The molecule has 52 valence electrons. The van der Waals surface area contributed by atoms with Crippen molar-refractivity contribution in [3.05, 3.63) is 50.2 Å². The maximum atomic E-state index is 4.01. The Morgan fingerprint density at radius 1 is 0.909 bits per heavy atom. The Morgan fingerprint density at radius 3 is 2.36 bits per heavy atom. The molecule has 0 saturated heterocycles. The van der Waals surface area contributed by atoms with Crippen LogP contribution in [-0.2, 0) is 0 Å². The Bertz CT molecular complexity index is 276. The number of aromatic nitrogens is 1. The van der Waals surface area contributed by atoms with Crippen molar-refractivity contribution in [1.82, 2.24) is 4.98 Å². The molecule has 0 aliphatic carbocycles. The van der Waals surface area contributed by atoms with Crippen LogP contribution in [0.15, 0.2) is 42.7 Å². The summed E-state index contributed by atoms with van der Waals surface area (Å²) in [4.78, 5) is 4.01. The van der Waals surface area contributed by atoms with Gasteiger partial charge in [-0.2, -0.15) is 0 Å². The minimum absolute atomic E-state index is 0. The van der Waals surface area contributed by atoms with Gasteiger partial charge in [0.1, 0.15) is 0 Å². The third-order valence-corrected chi connectivity index (χ3v) is 1.55. The Hall–Kier alpha value is -1.37. The third-order valence-electron chi connectivity index (χ3n) is 1.55. The molecule has 0 amide bonds. The summed E-state index contributed by atoms with van der Waals surface area (Å²) in [5, 5.41) is 2.45. The molecule has 0 bridgehead atoms. The van der Waals surface area contributed by atoms with E-state index in [9.17, 15) is 0 Å². The van der Waals surface area contributed by atoms with Gasteiger partial charge in [-0.25, -0.2) is 0 Å². The Labute approximate surface area is 66.7 Å². The van der Waals surface area contributed by atoms with Crippen molar-refractivity contribution in [3.8, 4) is 0 Å². The van der Waals surface area contributed by atoms with E-state index in [0.717, 1.165) is 0 Å². The van der Waals surface area contributed by atoms with Crippen LogP contribution in [0.4, 0.5) is 0 Å². The Balaban J connectivity index is 0.000000605. The zero-order valence-corrected chi connectivity index (χ0v) is 5.99. The molecule has 1 aromatic heterocycles. The van der Waals surface area contributed by atoms with Gasteiger partial charge in [0.05, 0.1) is 0 Å². The minimum Gasteiger partial charge on any atom is -0.264 e. The van der Waals surface area contributed by atoms with E-state index in [0.29, 0.717) is 0 Å². The molecule has 2 rings (SSSR count). The first-order valence-corrected chi connectivity index (χ1v) is 3.25. The maximum absolute atomic E-state index is 4.01. The zero-order chi connectivity index (χ0) is 6.81. The van der Waals surface area contributed by atoms with Gasteiger partial charge in [-0.15, -0.1) is 0 Å². The summed E-state index contributed by atoms with van der Waals surface area (Å²) >= 11 is 0. The second-order valence-corrected chi connectivity index (χ2v) is 2.22. The van der Waals surface area contributed by atoms with Crippen molar-refractivity contribution in [2.75, 3.05) is 0 Å². The zero-order valence-electron chi connectivity index (χ0n) is 5.99. The minimum atomic E-state index is 0. The lowest BCUT2D eigenvalue weighted by Gasteiger charge is -1.91. The molecule has 1 nitrogen and oxygen atoms in total. The monoisotopic (exact) mass is 141 g/mol. The van der Waals surface area contributed by atoms with E-state index >= 15 is 0 Å². The van der Waals surface area contributed by atoms with Crippen LogP contribution in [0.3, 0.4) is 0 Å². The van der Waals surface area contributed by atoms with Crippen molar-refractivity contribution in [2.45, 2.75) is 0 Å². The van der Waals surface area contributed by atoms with Crippen LogP contribution in [-0.4, -0.2) is 4.98 Å². The molecule has 4 radical (unpaired) electrons. The third kappa shape index (κ3) is 1.37. The molecule has 0 aliphatic rings. The van der Waals surface area contributed by atoms with Crippen LogP contribution in [0.1, 0.15) is 0 Å². The summed E-state index contributed by atoms with van der Waals surface area (Å²) in [7, 11) is 0. The number of nitrogens with zero attached hydrogens (tertiary/aromatic N) is 1. The fourth-order valence-corrected chi connectivity index (χ4v) is 1.03. The normalized spacial score (nSPS) is 9.09. The number of benzene rings is 1. The highest BCUT2D eigenvalue weighted by atomic mass is 14.6. The van der Waals surface area contributed by atoms with Gasteiger partial charge in [0.15, 0.2) is 0 Å². The lowest BCUT2D eigenvalue weighted by Crippen LogP contribution is -1.71. The lowest BCUT2D eigenvalue weighted by molar-refractivity contribution is 1.36. The number of rotatable bonds is 0. The van der Waals surface area contributed by atoms with E-state index in [2.05, 4.69) is 17.1 Å². The molecule has 2 aromatic rings. The quantitative estimate of drug-likeness (QED) is 0.548. The SMILES string of the molecule is [C].c1ccc2cnccc2c1. The molecule has 1 heterocycles. The van der Waals surface area contributed by atoms with Crippen LogP contribution in [0.2, 0.25) is 0 Å². The first-order chi connectivity index (χ1) is 4.97. The van der Waals surface area contributed by atoms with Gasteiger partial charge in [-0.05, 0) is 16.8 Å². The topological polar surface area (TPSA) is 12.9 Å². The van der Waals surface area contributed by atoms with E-state index in [1.54, 1.807) is 0 Å². The van der Waals surface area contributed by atoms with E-state index in [-0.39, 0.29) is 7.43 Å². The van der Waals surface area contributed by atoms with Crippen LogP contribution in [0.5, 0.6) is 0 Å². The Kier molecular flexibility index (Phi) is 2.21. The number of hydrogen-bond donors (Lipinski definition) is 0. The van der Waals surface area contributed by atoms with E-state index < -0.39 is 0 Å². The Morgan fingerprint density at radius 2 is 1.64 bits per heavy atom. The second-order valence-electron chi connectivity index (χ2n) is 2.22. The summed E-state index contributed by atoms with van der Waals surface area (Å²) in [6, 6.07) is 10.2. The van der Waals surface area contributed by atoms with E-state index in [1.807, 2.05) is 30.6 Å². The predicted octanol–water partition coefficient (Wildman–Crippen LogP) is 2.32. The van der Waals surface area contributed by atoms with Crippen LogP contribution < -0.4 is 0 Å². The molecule has 11 heavy (non-hydrogen) atoms. The summed E-state index contributed by atoms with van der Waals surface area (Å²) < 4.78 is 0. The van der Waals surface area contributed by atoms with Gasteiger partial charge < -0.3 is 0 Å². The molecule has 1 aromatic carbocycles. The van der Waals surface area contributed by atoms with Crippen molar-refractivity contribution >= 4 is 10.8 Å². The van der Waals surface area contributed by atoms with Crippen molar-refractivity contribution in [3.63, 3.8) is 0 Å². The maximum Gasteiger partial charge on any atom is 0.0346 e. The average Bonchev–Trinajstić information content (AvgIpc) is 2.05. The standard InChI is InChI=1S/C9H7N.C/c1-2-4-9-7-10-6-5-8(9)3-1;/h1-7H;. The first-order valence-electron chi connectivity index (χ1n) is 3.25. The molecule has 0 atom stereocenters. The second kappa shape index (κ2) is 3.15. The summed E-state index contributed by atoms with van der Waals surface area (Å²) in [5.41, 5.74) is 0. The van der Waals surface area contributed by atoms with Gasteiger partial charge in [0.25, 0.3) is 0 Å². The molecule has 0 aliphatic heterocycles. The lowest BCUT2D eigenvalue weighted by atomic mass is 10.2. The first kappa shape index (κ1) is 7.73. The number of fused-ring (bicyclic) bond motifs is 1. The van der Waals surface area contributed by atoms with Gasteiger partial charge >= 0.3 is 0 Å². The summed E-state index contributed by atoms with van der Waals surface area (Å²) in [6.45, 7) is 0. The number of pyridine rings is 1. The molecule has 0 fully saturated rings. The highest BCUT2D eigenvalue weighted by Gasteiger charge is 1.86. The average molecular weight is 141 g/mol. The van der Waals surface area contributed by atoms with Crippen molar-refractivity contribution < 1.29 is 0 Å². The van der Waals surface area contributed by atoms with Gasteiger partial charge in [0.2, 0.25) is 0 Å². The fraction of sp³-hybridized carbons (Fsp3) is 0. The van der Waals surface area contributed by atoms with Gasteiger partial charge in [0, 0.05) is 19.8 Å². The molecular weight excluding hydrogens is 134 g/mol.